The highest BCUT2D eigenvalue weighted by Gasteiger charge is 2.34. The van der Waals surface area contributed by atoms with E-state index in [9.17, 15) is 9.18 Å². The van der Waals surface area contributed by atoms with Gasteiger partial charge in [-0.3, -0.25) is 9.69 Å². The molecule has 0 bridgehead atoms. The number of hydrogen-bond donors (Lipinski definition) is 0. The van der Waals surface area contributed by atoms with Gasteiger partial charge in [-0.15, -0.1) is 0 Å². The number of ether oxygens (including phenoxy) is 1. The zero-order chi connectivity index (χ0) is 13.8. The van der Waals surface area contributed by atoms with Gasteiger partial charge in [0.25, 0.3) is 0 Å². The average Bonchev–Trinajstić information content (AvgIpc) is 3.23. The smallest absolute Gasteiger partial charge is 0.179 e. The first-order valence-electron chi connectivity index (χ1n) is 6.68. The zero-order valence-corrected chi connectivity index (χ0v) is 11.4. The van der Waals surface area contributed by atoms with Crippen molar-refractivity contribution in [1.29, 1.82) is 0 Å². The monoisotopic (exact) mass is 265 g/mol. The van der Waals surface area contributed by atoms with Crippen LogP contribution in [0.1, 0.15) is 30.1 Å². The molecule has 1 aromatic carbocycles. The van der Waals surface area contributed by atoms with Crippen molar-refractivity contribution in [3.63, 3.8) is 0 Å². The van der Waals surface area contributed by atoms with Crippen molar-refractivity contribution >= 4 is 5.78 Å². The fourth-order valence-corrected chi connectivity index (χ4v) is 2.30. The Morgan fingerprint density at radius 3 is 2.58 bits per heavy atom. The Labute approximate surface area is 113 Å². The van der Waals surface area contributed by atoms with E-state index in [1.165, 1.54) is 12.1 Å². The number of halogens is 1. The number of carbonyl (C=O) groups is 1. The van der Waals surface area contributed by atoms with Gasteiger partial charge in [-0.2, -0.15) is 0 Å². The zero-order valence-electron chi connectivity index (χ0n) is 11.4. The lowest BCUT2D eigenvalue weighted by Crippen LogP contribution is -2.42. The third-order valence-corrected chi connectivity index (χ3v) is 3.58. The standard InChI is InChI=1S/C15H20FNO2/c1-11(17(9-10-19-2)14-7-8-14)15(18)12-3-5-13(16)6-4-12/h3-6,11,14H,7-10H2,1-2H3. The van der Waals surface area contributed by atoms with E-state index in [2.05, 4.69) is 4.90 Å². The molecule has 1 aliphatic rings. The summed E-state index contributed by atoms with van der Waals surface area (Å²) in [5.74, 6) is -0.273. The lowest BCUT2D eigenvalue weighted by atomic mass is 10.0. The number of Topliss-reactive ketones (excluding diaryl/α,β-unsaturated/α-hetero) is 1. The van der Waals surface area contributed by atoms with Gasteiger partial charge in [0.1, 0.15) is 5.82 Å². The number of carbonyl (C=O) groups excluding carboxylic acids is 1. The molecule has 0 aromatic heterocycles. The van der Waals surface area contributed by atoms with Crippen LogP contribution in [0.4, 0.5) is 4.39 Å². The molecule has 0 N–H and O–H groups in total. The van der Waals surface area contributed by atoms with Crippen LogP contribution in [-0.4, -0.2) is 43.0 Å². The second-order valence-corrected chi connectivity index (χ2v) is 5.01. The van der Waals surface area contributed by atoms with E-state index < -0.39 is 0 Å². The number of ketones is 1. The molecule has 1 aromatic rings. The predicted octanol–water partition coefficient (Wildman–Crippen LogP) is 2.51. The van der Waals surface area contributed by atoms with Gasteiger partial charge in [-0.1, -0.05) is 0 Å². The van der Waals surface area contributed by atoms with Crippen molar-refractivity contribution in [2.45, 2.75) is 31.8 Å². The minimum absolute atomic E-state index is 0.0444. The summed E-state index contributed by atoms with van der Waals surface area (Å²) < 4.78 is 18.0. The number of nitrogens with zero attached hydrogens (tertiary/aromatic N) is 1. The second-order valence-electron chi connectivity index (χ2n) is 5.01. The van der Waals surface area contributed by atoms with E-state index in [0.29, 0.717) is 18.2 Å². The Morgan fingerprint density at radius 2 is 2.05 bits per heavy atom. The maximum absolute atomic E-state index is 12.9. The Balaban J connectivity index is 2.05. The van der Waals surface area contributed by atoms with Gasteiger partial charge < -0.3 is 4.74 Å². The van der Waals surface area contributed by atoms with E-state index >= 15 is 0 Å². The Hall–Kier alpha value is -1.26. The predicted molar refractivity (Wildman–Crippen MR) is 71.8 cm³/mol. The molecular formula is C15H20FNO2. The highest BCUT2D eigenvalue weighted by atomic mass is 19.1. The molecule has 0 saturated heterocycles. The Kier molecular flexibility index (Phi) is 4.66. The lowest BCUT2D eigenvalue weighted by molar-refractivity contribution is 0.0758. The molecule has 0 radical (unpaired) electrons. The van der Waals surface area contributed by atoms with E-state index in [4.69, 9.17) is 4.74 Å². The Bertz CT molecular complexity index is 428. The van der Waals surface area contributed by atoms with Gasteiger partial charge >= 0.3 is 0 Å². The van der Waals surface area contributed by atoms with E-state index in [1.54, 1.807) is 19.2 Å². The molecule has 3 nitrogen and oxygen atoms in total. The molecular weight excluding hydrogens is 245 g/mol. The first-order valence-corrected chi connectivity index (χ1v) is 6.68. The van der Waals surface area contributed by atoms with Crippen LogP contribution < -0.4 is 0 Å². The molecule has 19 heavy (non-hydrogen) atoms. The first kappa shape index (κ1) is 14.2. The van der Waals surface area contributed by atoms with Gasteiger partial charge in [0.05, 0.1) is 12.6 Å². The highest BCUT2D eigenvalue weighted by Crippen LogP contribution is 2.29. The minimum atomic E-state index is -0.317. The SMILES string of the molecule is COCCN(C1CC1)C(C)C(=O)c1ccc(F)cc1. The van der Waals surface area contributed by atoms with Crippen molar-refractivity contribution in [3.05, 3.63) is 35.6 Å². The molecule has 4 heteroatoms. The lowest BCUT2D eigenvalue weighted by Gasteiger charge is -2.27. The molecule has 0 heterocycles. The number of hydrogen-bond acceptors (Lipinski definition) is 3. The van der Waals surface area contributed by atoms with Crippen LogP contribution in [0, 0.1) is 5.82 Å². The van der Waals surface area contributed by atoms with Crippen LogP contribution in [0.3, 0.4) is 0 Å². The van der Waals surface area contributed by atoms with Crippen molar-refractivity contribution in [2.24, 2.45) is 0 Å². The maximum atomic E-state index is 12.9. The maximum Gasteiger partial charge on any atom is 0.179 e. The van der Waals surface area contributed by atoms with Gasteiger partial charge in [-0.05, 0) is 44.0 Å². The summed E-state index contributed by atoms with van der Waals surface area (Å²) in [5, 5.41) is 0. The molecule has 1 fully saturated rings. The first-order chi connectivity index (χ1) is 9.13. The summed E-state index contributed by atoms with van der Waals surface area (Å²) in [4.78, 5) is 14.6. The average molecular weight is 265 g/mol. The molecule has 0 spiro atoms. The number of benzene rings is 1. The van der Waals surface area contributed by atoms with Gasteiger partial charge in [0.15, 0.2) is 5.78 Å². The van der Waals surface area contributed by atoms with Crippen molar-refractivity contribution in [3.8, 4) is 0 Å². The van der Waals surface area contributed by atoms with E-state index in [-0.39, 0.29) is 17.6 Å². The van der Waals surface area contributed by atoms with Gasteiger partial charge in [0, 0.05) is 25.3 Å². The second kappa shape index (κ2) is 6.26. The van der Waals surface area contributed by atoms with Crippen LogP contribution in [0.15, 0.2) is 24.3 Å². The van der Waals surface area contributed by atoms with Crippen LogP contribution in [-0.2, 0) is 4.74 Å². The fraction of sp³-hybridized carbons (Fsp3) is 0.533. The van der Waals surface area contributed by atoms with Crippen LogP contribution in [0.2, 0.25) is 0 Å². The number of rotatable bonds is 7. The topological polar surface area (TPSA) is 29.5 Å². The molecule has 1 saturated carbocycles. The molecule has 1 aliphatic carbocycles. The minimum Gasteiger partial charge on any atom is -0.383 e. The van der Waals surface area contributed by atoms with Crippen molar-refractivity contribution in [1.82, 2.24) is 4.90 Å². The summed E-state index contributed by atoms with van der Waals surface area (Å²) in [7, 11) is 1.66. The normalized spacial score (nSPS) is 16.6. The molecule has 1 atom stereocenters. The van der Waals surface area contributed by atoms with E-state index in [0.717, 1.165) is 19.4 Å². The van der Waals surface area contributed by atoms with Crippen LogP contribution in [0.5, 0.6) is 0 Å². The van der Waals surface area contributed by atoms with Crippen LogP contribution >= 0.6 is 0 Å². The van der Waals surface area contributed by atoms with E-state index in [1.807, 2.05) is 6.92 Å². The number of methoxy groups -OCH3 is 1. The summed E-state index contributed by atoms with van der Waals surface area (Å²) in [5.41, 5.74) is 0.567. The summed E-state index contributed by atoms with van der Waals surface area (Å²) in [6, 6.07) is 6.07. The van der Waals surface area contributed by atoms with Crippen molar-refractivity contribution in [2.75, 3.05) is 20.3 Å². The summed E-state index contributed by atoms with van der Waals surface area (Å²) in [6.07, 6.45) is 2.29. The van der Waals surface area contributed by atoms with Gasteiger partial charge in [-0.25, -0.2) is 4.39 Å². The molecule has 0 amide bonds. The quantitative estimate of drug-likeness (QED) is 0.709. The van der Waals surface area contributed by atoms with Crippen LogP contribution in [0.25, 0.3) is 0 Å². The third kappa shape index (κ3) is 3.61. The fourth-order valence-electron chi connectivity index (χ4n) is 2.30. The molecule has 104 valence electrons. The van der Waals surface area contributed by atoms with Gasteiger partial charge in [0.2, 0.25) is 0 Å². The Morgan fingerprint density at radius 1 is 1.42 bits per heavy atom. The summed E-state index contributed by atoms with van der Waals surface area (Å²) in [6.45, 7) is 3.30. The largest absolute Gasteiger partial charge is 0.383 e. The highest BCUT2D eigenvalue weighted by molar-refractivity contribution is 5.99. The third-order valence-electron chi connectivity index (χ3n) is 3.58. The molecule has 2 rings (SSSR count). The molecule has 0 aliphatic heterocycles. The summed E-state index contributed by atoms with van der Waals surface area (Å²) >= 11 is 0. The molecule has 1 unspecified atom stereocenters. The van der Waals surface area contributed by atoms with Crippen molar-refractivity contribution < 1.29 is 13.9 Å².